The quantitative estimate of drug-likeness (QED) is 0.741. The van der Waals surface area contributed by atoms with Crippen LogP contribution >= 0.6 is 11.6 Å². The van der Waals surface area contributed by atoms with Crippen molar-refractivity contribution >= 4 is 23.5 Å². The standard InChI is InChI=1S/C18H18ClN5/c1-11-2-4-12(5-3-11)15-10-16(13-6-8-14(19)9-7-13)24-18(21-15)22-17(20)23-24/h2-9,15-16H,10H2,1H3,(H3,20,21,22,23)/t15-,16-/m1/s1. The molecular formula is C18H18ClN5. The Hall–Kier alpha value is -2.53. The van der Waals surface area contributed by atoms with Crippen molar-refractivity contribution in [2.45, 2.75) is 25.4 Å². The van der Waals surface area contributed by atoms with Gasteiger partial charge in [-0.2, -0.15) is 4.98 Å². The van der Waals surface area contributed by atoms with Gasteiger partial charge >= 0.3 is 0 Å². The number of benzene rings is 2. The molecule has 0 aliphatic carbocycles. The minimum atomic E-state index is 0.0645. The van der Waals surface area contributed by atoms with Crippen molar-refractivity contribution in [3.05, 3.63) is 70.2 Å². The van der Waals surface area contributed by atoms with E-state index < -0.39 is 0 Å². The van der Waals surface area contributed by atoms with E-state index in [2.05, 4.69) is 46.6 Å². The van der Waals surface area contributed by atoms with Gasteiger partial charge in [0.2, 0.25) is 11.9 Å². The molecule has 0 fully saturated rings. The van der Waals surface area contributed by atoms with Gasteiger partial charge in [-0.05, 0) is 36.6 Å². The van der Waals surface area contributed by atoms with E-state index in [0.29, 0.717) is 5.95 Å². The number of nitrogens with one attached hydrogen (secondary N) is 1. The van der Waals surface area contributed by atoms with E-state index in [1.54, 1.807) is 0 Å². The summed E-state index contributed by atoms with van der Waals surface area (Å²) in [6.45, 7) is 2.09. The van der Waals surface area contributed by atoms with Gasteiger partial charge < -0.3 is 11.1 Å². The van der Waals surface area contributed by atoms with Crippen LogP contribution in [0, 0.1) is 6.92 Å². The van der Waals surface area contributed by atoms with Crippen LogP contribution in [-0.4, -0.2) is 14.8 Å². The van der Waals surface area contributed by atoms with E-state index in [9.17, 15) is 0 Å². The van der Waals surface area contributed by atoms with Crippen molar-refractivity contribution in [1.82, 2.24) is 14.8 Å². The first kappa shape index (κ1) is 15.0. The molecule has 3 aromatic rings. The number of hydrogen-bond donors (Lipinski definition) is 2. The number of halogens is 1. The van der Waals surface area contributed by atoms with Gasteiger partial charge in [-0.1, -0.05) is 53.6 Å². The van der Waals surface area contributed by atoms with Crippen LogP contribution in [0.25, 0.3) is 0 Å². The average Bonchev–Trinajstić information content (AvgIpc) is 2.95. The second-order valence-electron chi connectivity index (χ2n) is 6.15. The van der Waals surface area contributed by atoms with E-state index in [-0.39, 0.29) is 18.0 Å². The molecule has 1 aliphatic rings. The summed E-state index contributed by atoms with van der Waals surface area (Å²) >= 11 is 6.03. The normalized spacial score (nSPS) is 19.6. The average molecular weight is 340 g/mol. The molecule has 122 valence electrons. The molecule has 0 radical (unpaired) electrons. The zero-order valence-electron chi connectivity index (χ0n) is 13.3. The maximum atomic E-state index is 6.03. The van der Waals surface area contributed by atoms with Crippen molar-refractivity contribution in [1.29, 1.82) is 0 Å². The van der Waals surface area contributed by atoms with E-state index in [0.717, 1.165) is 17.0 Å². The highest BCUT2D eigenvalue weighted by Crippen LogP contribution is 2.38. The zero-order chi connectivity index (χ0) is 16.7. The summed E-state index contributed by atoms with van der Waals surface area (Å²) in [5.74, 6) is 0.977. The third-order valence-corrected chi connectivity index (χ3v) is 4.69. The lowest BCUT2D eigenvalue weighted by molar-refractivity contribution is 0.431. The topological polar surface area (TPSA) is 68.8 Å². The van der Waals surface area contributed by atoms with Gasteiger partial charge in [-0.15, -0.1) is 5.10 Å². The van der Waals surface area contributed by atoms with Crippen LogP contribution in [0.15, 0.2) is 48.5 Å². The Balaban J connectivity index is 1.74. The first-order valence-corrected chi connectivity index (χ1v) is 8.28. The van der Waals surface area contributed by atoms with Crippen LogP contribution in [0.3, 0.4) is 0 Å². The van der Waals surface area contributed by atoms with Crippen molar-refractivity contribution in [3.63, 3.8) is 0 Å². The molecule has 0 saturated carbocycles. The maximum absolute atomic E-state index is 6.03. The highest BCUT2D eigenvalue weighted by atomic mass is 35.5. The minimum Gasteiger partial charge on any atom is -0.366 e. The van der Waals surface area contributed by atoms with Crippen LogP contribution in [0.5, 0.6) is 0 Å². The third kappa shape index (κ3) is 2.71. The zero-order valence-corrected chi connectivity index (χ0v) is 14.0. The summed E-state index contributed by atoms with van der Waals surface area (Å²) in [7, 11) is 0. The molecule has 3 N–H and O–H groups in total. The fourth-order valence-electron chi connectivity index (χ4n) is 3.17. The molecule has 0 amide bonds. The van der Waals surface area contributed by atoms with Crippen LogP contribution < -0.4 is 11.1 Å². The van der Waals surface area contributed by atoms with E-state index >= 15 is 0 Å². The van der Waals surface area contributed by atoms with Crippen molar-refractivity contribution in [3.8, 4) is 0 Å². The van der Waals surface area contributed by atoms with Gasteiger partial charge in [-0.3, -0.25) is 0 Å². The Morgan fingerprint density at radius 2 is 1.75 bits per heavy atom. The fourth-order valence-corrected chi connectivity index (χ4v) is 3.30. The molecule has 24 heavy (non-hydrogen) atoms. The molecule has 2 heterocycles. The molecule has 1 aliphatic heterocycles. The minimum absolute atomic E-state index is 0.0645. The molecule has 1 aromatic heterocycles. The van der Waals surface area contributed by atoms with Crippen molar-refractivity contribution < 1.29 is 0 Å². The predicted molar refractivity (Wildman–Crippen MR) is 96.2 cm³/mol. The number of fused-ring (bicyclic) bond motifs is 1. The van der Waals surface area contributed by atoms with Gasteiger partial charge in [0.1, 0.15) is 0 Å². The van der Waals surface area contributed by atoms with Gasteiger partial charge in [0, 0.05) is 5.02 Å². The third-order valence-electron chi connectivity index (χ3n) is 4.44. The maximum Gasteiger partial charge on any atom is 0.241 e. The molecule has 6 heteroatoms. The van der Waals surface area contributed by atoms with Gasteiger partial charge in [0.15, 0.2) is 0 Å². The summed E-state index contributed by atoms with van der Waals surface area (Å²) < 4.78 is 1.86. The summed E-state index contributed by atoms with van der Waals surface area (Å²) in [5.41, 5.74) is 9.44. The van der Waals surface area contributed by atoms with Crippen LogP contribution in [0.4, 0.5) is 11.9 Å². The summed E-state index contributed by atoms with van der Waals surface area (Å²) in [6, 6.07) is 16.7. The first-order valence-electron chi connectivity index (χ1n) is 7.91. The van der Waals surface area contributed by atoms with Crippen molar-refractivity contribution in [2.75, 3.05) is 11.1 Å². The molecule has 0 saturated heterocycles. The Morgan fingerprint density at radius 1 is 1.08 bits per heavy atom. The number of hydrogen-bond acceptors (Lipinski definition) is 4. The molecule has 4 rings (SSSR count). The van der Waals surface area contributed by atoms with Crippen molar-refractivity contribution in [2.24, 2.45) is 0 Å². The Morgan fingerprint density at radius 3 is 2.46 bits per heavy atom. The summed E-state index contributed by atoms with van der Waals surface area (Å²) in [6.07, 6.45) is 0.862. The molecule has 0 unspecified atom stereocenters. The van der Waals surface area contributed by atoms with Gasteiger partial charge in [0.05, 0.1) is 12.1 Å². The highest BCUT2D eigenvalue weighted by molar-refractivity contribution is 6.30. The largest absolute Gasteiger partial charge is 0.366 e. The van der Waals surface area contributed by atoms with E-state index in [4.69, 9.17) is 17.3 Å². The molecule has 5 nitrogen and oxygen atoms in total. The van der Waals surface area contributed by atoms with Crippen LogP contribution in [-0.2, 0) is 0 Å². The monoisotopic (exact) mass is 339 g/mol. The Kier molecular flexibility index (Phi) is 3.65. The SMILES string of the molecule is Cc1ccc([C@H]2C[C@H](c3ccc(Cl)cc3)n3nc(N)nc3N2)cc1. The van der Waals surface area contributed by atoms with E-state index in [1.807, 2.05) is 28.9 Å². The molecule has 2 aromatic carbocycles. The fraction of sp³-hybridized carbons (Fsp3) is 0.222. The van der Waals surface area contributed by atoms with Crippen LogP contribution in [0.2, 0.25) is 5.02 Å². The van der Waals surface area contributed by atoms with E-state index in [1.165, 1.54) is 11.1 Å². The number of nitrogens with two attached hydrogens (primary N) is 1. The number of rotatable bonds is 2. The second-order valence-corrected chi connectivity index (χ2v) is 6.59. The lowest BCUT2D eigenvalue weighted by Gasteiger charge is -2.31. The van der Waals surface area contributed by atoms with Gasteiger partial charge in [0.25, 0.3) is 0 Å². The lowest BCUT2D eigenvalue weighted by Crippen LogP contribution is -2.28. The number of aromatic nitrogens is 3. The predicted octanol–water partition coefficient (Wildman–Crippen LogP) is 3.97. The Bertz CT molecular complexity index is 854. The summed E-state index contributed by atoms with van der Waals surface area (Å²) in [4.78, 5) is 4.33. The number of aryl methyl sites for hydroxylation is 1. The molecule has 0 bridgehead atoms. The second kappa shape index (κ2) is 5.83. The number of anilines is 2. The smallest absolute Gasteiger partial charge is 0.241 e. The molecule has 0 spiro atoms. The van der Waals surface area contributed by atoms with Crippen LogP contribution in [0.1, 0.15) is 35.2 Å². The number of nitrogen functional groups attached to an aromatic ring is 1. The Labute approximate surface area is 145 Å². The number of nitrogens with zero attached hydrogens (tertiary/aromatic N) is 3. The van der Waals surface area contributed by atoms with Gasteiger partial charge in [-0.25, -0.2) is 4.68 Å². The highest BCUT2D eigenvalue weighted by Gasteiger charge is 2.30. The molecule has 2 atom stereocenters. The lowest BCUT2D eigenvalue weighted by atomic mass is 9.93. The molecular weight excluding hydrogens is 322 g/mol. The first-order chi connectivity index (χ1) is 11.6. The summed E-state index contributed by atoms with van der Waals surface area (Å²) in [5, 5.41) is 8.53.